The molecule has 0 bridgehead atoms. The molecule has 162 valence electrons. The van der Waals surface area contributed by atoms with Crippen molar-refractivity contribution in [3.63, 3.8) is 0 Å². The van der Waals surface area contributed by atoms with Crippen LogP contribution in [0.15, 0.2) is 36.4 Å². The van der Waals surface area contributed by atoms with Gasteiger partial charge in [-0.25, -0.2) is 0 Å². The molecule has 0 N–H and O–H groups in total. The van der Waals surface area contributed by atoms with E-state index in [4.69, 9.17) is 14.2 Å². The Bertz CT molecular complexity index is 856. The highest BCUT2D eigenvalue weighted by molar-refractivity contribution is 5.98. The van der Waals surface area contributed by atoms with E-state index in [0.717, 1.165) is 19.6 Å². The zero-order valence-electron chi connectivity index (χ0n) is 18.6. The molecule has 0 unspecified atom stereocenters. The van der Waals surface area contributed by atoms with Gasteiger partial charge in [0.25, 0.3) is 5.91 Å². The summed E-state index contributed by atoms with van der Waals surface area (Å²) in [5.41, 5.74) is 3.16. The van der Waals surface area contributed by atoms with Gasteiger partial charge >= 0.3 is 0 Å². The molecular formula is C24H32N2O4. The largest absolute Gasteiger partial charge is 0.493 e. The second kappa shape index (κ2) is 9.85. The molecule has 0 atom stereocenters. The van der Waals surface area contributed by atoms with E-state index >= 15 is 0 Å². The number of methoxy groups -OCH3 is 3. The van der Waals surface area contributed by atoms with Gasteiger partial charge in [0.05, 0.1) is 26.9 Å². The third kappa shape index (κ3) is 4.70. The van der Waals surface area contributed by atoms with Crippen molar-refractivity contribution in [1.82, 2.24) is 9.80 Å². The maximum atomic E-state index is 13.1. The minimum atomic E-state index is -0.0475. The normalized spacial score (nSPS) is 14.7. The molecule has 0 saturated carbocycles. The van der Waals surface area contributed by atoms with Crippen LogP contribution >= 0.6 is 0 Å². The monoisotopic (exact) mass is 412 g/mol. The summed E-state index contributed by atoms with van der Waals surface area (Å²) in [5, 5.41) is 0. The summed E-state index contributed by atoms with van der Waals surface area (Å²) in [6.45, 7) is 8.36. The van der Waals surface area contributed by atoms with Crippen molar-refractivity contribution >= 4 is 5.91 Å². The topological polar surface area (TPSA) is 51.2 Å². The Balaban J connectivity index is 1.64. The number of rotatable bonds is 7. The van der Waals surface area contributed by atoms with Crippen LogP contribution < -0.4 is 14.2 Å². The first-order valence-corrected chi connectivity index (χ1v) is 10.4. The number of carbonyl (C=O) groups is 1. The Hall–Kier alpha value is -2.73. The summed E-state index contributed by atoms with van der Waals surface area (Å²) in [6.07, 6.45) is 0. The highest BCUT2D eigenvalue weighted by Crippen LogP contribution is 2.40. The first kappa shape index (κ1) is 22.0. The van der Waals surface area contributed by atoms with E-state index in [9.17, 15) is 4.79 Å². The highest BCUT2D eigenvalue weighted by atomic mass is 16.5. The molecule has 6 heteroatoms. The molecular weight excluding hydrogens is 380 g/mol. The predicted molar refractivity (Wildman–Crippen MR) is 118 cm³/mol. The average molecular weight is 413 g/mol. The fourth-order valence-corrected chi connectivity index (χ4v) is 3.82. The van der Waals surface area contributed by atoms with Crippen molar-refractivity contribution in [2.24, 2.45) is 0 Å². The molecule has 6 nitrogen and oxygen atoms in total. The number of piperazine rings is 1. The molecule has 3 rings (SSSR count). The van der Waals surface area contributed by atoms with Gasteiger partial charge in [0.15, 0.2) is 11.5 Å². The predicted octanol–water partition coefficient (Wildman–Crippen LogP) is 3.79. The Kier molecular flexibility index (Phi) is 7.21. The van der Waals surface area contributed by atoms with Crippen LogP contribution in [-0.4, -0.2) is 63.2 Å². The molecule has 0 aromatic heterocycles. The van der Waals surface area contributed by atoms with Crippen molar-refractivity contribution in [1.29, 1.82) is 0 Å². The fourth-order valence-electron chi connectivity index (χ4n) is 3.82. The number of amides is 1. The van der Waals surface area contributed by atoms with E-state index in [1.165, 1.54) is 18.2 Å². The average Bonchev–Trinajstić information content (AvgIpc) is 2.78. The van der Waals surface area contributed by atoms with E-state index < -0.39 is 0 Å². The van der Waals surface area contributed by atoms with Crippen LogP contribution in [0, 0.1) is 0 Å². The molecule has 0 radical (unpaired) electrons. The van der Waals surface area contributed by atoms with Crippen molar-refractivity contribution in [2.45, 2.75) is 26.3 Å². The van der Waals surface area contributed by atoms with Gasteiger partial charge < -0.3 is 19.1 Å². The number of ether oxygens (including phenoxy) is 3. The lowest BCUT2D eigenvalue weighted by Crippen LogP contribution is -2.48. The summed E-state index contributed by atoms with van der Waals surface area (Å²) in [4.78, 5) is 17.4. The molecule has 0 aliphatic carbocycles. The Morgan fingerprint density at radius 1 is 0.867 bits per heavy atom. The minimum absolute atomic E-state index is 0.0475. The summed E-state index contributed by atoms with van der Waals surface area (Å²) in [6, 6.07) is 12.3. The highest BCUT2D eigenvalue weighted by Gasteiger charge is 2.27. The first-order valence-electron chi connectivity index (χ1n) is 10.4. The van der Waals surface area contributed by atoms with E-state index in [1.54, 1.807) is 26.4 Å². The van der Waals surface area contributed by atoms with Crippen LogP contribution in [0.1, 0.15) is 41.3 Å². The minimum Gasteiger partial charge on any atom is -0.493 e. The van der Waals surface area contributed by atoms with Crippen LogP contribution in [-0.2, 0) is 6.54 Å². The third-order valence-electron chi connectivity index (χ3n) is 5.65. The lowest BCUT2D eigenvalue weighted by Gasteiger charge is -2.35. The molecule has 1 aliphatic heterocycles. The SMILES string of the molecule is COc1ccc(C(=O)N2CCN(Cc3ccc(C(C)C)cc3)CC2)c(OC)c1OC. The van der Waals surface area contributed by atoms with Crippen molar-refractivity contribution in [2.75, 3.05) is 47.5 Å². The smallest absolute Gasteiger partial charge is 0.257 e. The van der Waals surface area contributed by atoms with E-state index in [1.807, 2.05) is 4.90 Å². The summed E-state index contributed by atoms with van der Waals surface area (Å²) in [7, 11) is 4.64. The lowest BCUT2D eigenvalue weighted by atomic mass is 10.0. The lowest BCUT2D eigenvalue weighted by molar-refractivity contribution is 0.0624. The molecule has 1 heterocycles. The van der Waals surface area contributed by atoms with Gasteiger partial charge in [-0.15, -0.1) is 0 Å². The Morgan fingerprint density at radius 3 is 2.03 bits per heavy atom. The fraction of sp³-hybridized carbons (Fsp3) is 0.458. The molecule has 2 aromatic rings. The van der Waals surface area contributed by atoms with Gasteiger partial charge in [-0.2, -0.15) is 0 Å². The number of nitrogens with zero attached hydrogens (tertiary/aromatic N) is 2. The van der Waals surface area contributed by atoms with Crippen LogP contribution in [0.4, 0.5) is 0 Å². The van der Waals surface area contributed by atoms with E-state index in [0.29, 0.717) is 41.8 Å². The van der Waals surface area contributed by atoms with Gasteiger partial charge in [-0.3, -0.25) is 9.69 Å². The summed E-state index contributed by atoms with van der Waals surface area (Å²) < 4.78 is 16.2. The molecule has 1 aliphatic rings. The maximum absolute atomic E-state index is 13.1. The third-order valence-corrected chi connectivity index (χ3v) is 5.65. The van der Waals surface area contributed by atoms with Crippen LogP contribution in [0.3, 0.4) is 0 Å². The van der Waals surface area contributed by atoms with Gasteiger partial charge in [0.1, 0.15) is 0 Å². The van der Waals surface area contributed by atoms with Crippen LogP contribution in [0.2, 0.25) is 0 Å². The second-order valence-electron chi connectivity index (χ2n) is 7.85. The molecule has 1 amide bonds. The van der Waals surface area contributed by atoms with Gasteiger partial charge in [0, 0.05) is 32.7 Å². The van der Waals surface area contributed by atoms with E-state index in [-0.39, 0.29) is 5.91 Å². The second-order valence-corrected chi connectivity index (χ2v) is 7.85. The molecule has 30 heavy (non-hydrogen) atoms. The first-order chi connectivity index (χ1) is 14.5. The summed E-state index contributed by atoms with van der Waals surface area (Å²) >= 11 is 0. The van der Waals surface area contributed by atoms with Crippen LogP contribution in [0.5, 0.6) is 17.2 Å². The molecule has 1 saturated heterocycles. The number of hydrogen-bond donors (Lipinski definition) is 0. The Morgan fingerprint density at radius 2 is 1.50 bits per heavy atom. The maximum Gasteiger partial charge on any atom is 0.257 e. The number of benzene rings is 2. The van der Waals surface area contributed by atoms with E-state index in [2.05, 4.69) is 43.0 Å². The summed E-state index contributed by atoms with van der Waals surface area (Å²) in [5.74, 6) is 1.89. The zero-order chi connectivity index (χ0) is 21.7. The zero-order valence-corrected chi connectivity index (χ0v) is 18.6. The molecule has 1 fully saturated rings. The standard InChI is InChI=1S/C24H32N2O4/c1-17(2)19-8-6-18(7-9-19)16-25-12-14-26(15-13-25)24(27)20-10-11-21(28-3)23(30-5)22(20)29-4/h6-11,17H,12-16H2,1-5H3. The van der Waals surface area contributed by atoms with Crippen molar-refractivity contribution in [3.05, 3.63) is 53.1 Å². The van der Waals surface area contributed by atoms with Crippen molar-refractivity contribution < 1.29 is 19.0 Å². The van der Waals surface area contributed by atoms with Gasteiger partial charge in [0.2, 0.25) is 5.75 Å². The molecule has 0 spiro atoms. The van der Waals surface area contributed by atoms with Gasteiger partial charge in [-0.1, -0.05) is 38.1 Å². The number of carbonyl (C=O) groups excluding carboxylic acids is 1. The van der Waals surface area contributed by atoms with Crippen molar-refractivity contribution in [3.8, 4) is 17.2 Å². The quantitative estimate of drug-likeness (QED) is 0.693. The number of hydrogen-bond acceptors (Lipinski definition) is 5. The van der Waals surface area contributed by atoms with Crippen LogP contribution in [0.25, 0.3) is 0 Å². The van der Waals surface area contributed by atoms with Gasteiger partial charge in [-0.05, 0) is 29.2 Å². The molecule has 2 aromatic carbocycles. The Labute approximate surface area is 179 Å².